The van der Waals surface area contributed by atoms with Crippen LogP contribution >= 0.6 is 0 Å². The maximum absolute atomic E-state index is 11.2. The molecule has 0 spiro atoms. The third-order valence-electron chi connectivity index (χ3n) is 3.34. The molecule has 13 heavy (non-hydrogen) atoms. The third kappa shape index (κ3) is 1.70. The average Bonchev–Trinajstić information content (AvgIpc) is 2.16. The van der Waals surface area contributed by atoms with E-state index in [-0.39, 0.29) is 5.97 Å². The first kappa shape index (κ1) is 9.00. The van der Waals surface area contributed by atoms with E-state index in [1.54, 1.807) is 0 Å². The lowest BCUT2D eigenvalue weighted by molar-refractivity contribution is -0.147. The molecule has 3 heteroatoms. The Labute approximate surface area is 78.8 Å². The Morgan fingerprint density at radius 2 is 2.15 bits per heavy atom. The van der Waals surface area contributed by atoms with Crippen molar-refractivity contribution >= 4 is 5.97 Å². The minimum Gasteiger partial charge on any atom is -0.466 e. The van der Waals surface area contributed by atoms with Crippen molar-refractivity contribution in [1.29, 1.82) is 0 Å². The van der Waals surface area contributed by atoms with E-state index in [1.165, 1.54) is 6.42 Å². The fourth-order valence-electron chi connectivity index (χ4n) is 2.60. The molecule has 1 aliphatic carbocycles. The summed E-state index contributed by atoms with van der Waals surface area (Å²) in [5.41, 5.74) is 0. The Bertz CT molecular complexity index is 191. The van der Waals surface area contributed by atoms with Crippen LogP contribution in [0.25, 0.3) is 0 Å². The summed E-state index contributed by atoms with van der Waals surface area (Å²) in [7, 11) is 0. The fraction of sp³-hybridized carbons (Fsp3) is 0.900. The lowest BCUT2D eigenvalue weighted by atomic mass is 9.61. The van der Waals surface area contributed by atoms with Gasteiger partial charge in [0.2, 0.25) is 0 Å². The van der Waals surface area contributed by atoms with Crippen LogP contribution in [0.3, 0.4) is 0 Å². The van der Waals surface area contributed by atoms with E-state index in [0.29, 0.717) is 18.9 Å². The van der Waals surface area contributed by atoms with Crippen LogP contribution < -0.4 is 5.32 Å². The number of ether oxygens (including phenoxy) is 1. The molecule has 2 atom stereocenters. The molecule has 2 unspecified atom stereocenters. The number of nitrogens with one attached hydrogen (secondary N) is 1. The van der Waals surface area contributed by atoms with E-state index in [0.717, 1.165) is 24.9 Å². The zero-order valence-electron chi connectivity index (χ0n) is 8.08. The van der Waals surface area contributed by atoms with Crippen molar-refractivity contribution in [3.05, 3.63) is 0 Å². The van der Waals surface area contributed by atoms with Gasteiger partial charge in [-0.15, -0.1) is 0 Å². The molecule has 2 aliphatic heterocycles. The molecule has 1 saturated carbocycles. The van der Waals surface area contributed by atoms with Gasteiger partial charge < -0.3 is 10.1 Å². The predicted octanol–water partition coefficient (Wildman–Crippen LogP) is 0.795. The van der Waals surface area contributed by atoms with Gasteiger partial charge in [0, 0.05) is 6.42 Å². The zero-order chi connectivity index (χ0) is 9.26. The van der Waals surface area contributed by atoms with Crippen LogP contribution in [0.1, 0.15) is 19.8 Å². The Kier molecular flexibility index (Phi) is 2.54. The van der Waals surface area contributed by atoms with Gasteiger partial charge in [-0.05, 0) is 44.2 Å². The molecule has 2 bridgehead atoms. The van der Waals surface area contributed by atoms with Gasteiger partial charge in [-0.3, -0.25) is 4.79 Å². The lowest BCUT2D eigenvalue weighted by Crippen LogP contribution is -2.53. The number of carbonyl (C=O) groups is 1. The highest BCUT2D eigenvalue weighted by Crippen LogP contribution is 2.44. The zero-order valence-corrected chi connectivity index (χ0v) is 8.08. The second-order valence-corrected chi connectivity index (χ2v) is 4.09. The summed E-state index contributed by atoms with van der Waals surface area (Å²) in [4.78, 5) is 11.2. The highest BCUT2D eigenvalue weighted by Gasteiger charge is 2.44. The van der Waals surface area contributed by atoms with Gasteiger partial charge in [0.25, 0.3) is 0 Å². The molecule has 3 aliphatic rings. The number of esters is 1. The van der Waals surface area contributed by atoms with E-state index < -0.39 is 0 Å². The highest BCUT2D eigenvalue weighted by atomic mass is 16.5. The molecule has 74 valence electrons. The van der Waals surface area contributed by atoms with Crippen LogP contribution in [0, 0.1) is 17.8 Å². The third-order valence-corrected chi connectivity index (χ3v) is 3.34. The summed E-state index contributed by atoms with van der Waals surface area (Å²) in [6.45, 7) is 4.57. The molecule has 2 heterocycles. The second-order valence-electron chi connectivity index (χ2n) is 4.09. The Hall–Kier alpha value is -0.570. The molecule has 0 aromatic heterocycles. The van der Waals surface area contributed by atoms with E-state index in [4.69, 9.17) is 4.74 Å². The number of hydrogen-bond donors (Lipinski definition) is 1. The molecule has 3 rings (SSSR count). The van der Waals surface area contributed by atoms with Crippen molar-refractivity contribution in [2.45, 2.75) is 19.8 Å². The summed E-state index contributed by atoms with van der Waals surface area (Å²) < 4.78 is 4.95. The van der Waals surface area contributed by atoms with Gasteiger partial charge >= 0.3 is 5.97 Å². The summed E-state index contributed by atoms with van der Waals surface area (Å²) in [6, 6.07) is 0. The smallest absolute Gasteiger partial charge is 0.306 e. The van der Waals surface area contributed by atoms with E-state index >= 15 is 0 Å². The largest absolute Gasteiger partial charge is 0.466 e. The topological polar surface area (TPSA) is 38.3 Å². The van der Waals surface area contributed by atoms with E-state index in [9.17, 15) is 4.79 Å². The first-order valence-corrected chi connectivity index (χ1v) is 5.17. The number of rotatable bonds is 3. The summed E-state index contributed by atoms with van der Waals surface area (Å²) in [5, 5.41) is 3.37. The first-order chi connectivity index (χ1) is 6.31. The summed E-state index contributed by atoms with van der Waals surface area (Å²) >= 11 is 0. The quantitative estimate of drug-likeness (QED) is 0.658. The van der Waals surface area contributed by atoms with Crippen molar-refractivity contribution in [1.82, 2.24) is 5.32 Å². The van der Waals surface area contributed by atoms with Crippen molar-refractivity contribution in [3.63, 3.8) is 0 Å². The van der Waals surface area contributed by atoms with Crippen molar-refractivity contribution in [3.8, 4) is 0 Å². The molecule has 2 saturated heterocycles. The molecule has 0 radical (unpaired) electrons. The van der Waals surface area contributed by atoms with Gasteiger partial charge in [-0.2, -0.15) is 0 Å². The maximum atomic E-state index is 11.2. The molecule has 1 N–H and O–H groups in total. The van der Waals surface area contributed by atoms with Gasteiger partial charge in [0.05, 0.1) is 6.61 Å². The number of carbonyl (C=O) groups excluding carboxylic acids is 1. The Balaban J connectivity index is 1.79. The molecule has 0 aromatic rings. The SMILES string of the molecule is CCOC(=O)CC1C2CNCC1C2. The monoisotopic (exact) mass is 183 g/mol. The van der Waals surface area contributed by atoms with Gasteiger partial charge in [-0.1, -0.05) is 0 Å². The van der Waals surface area contributed by atoms with Gasteiger partial charge in [-0.25, -0.2) is 0 Å². The normalized spacial score (nSPS) is 36.5. The van der Waals surface area contributed by atoms with Crippen molar-refractivity contribution < 1.29 is 9.53 Å². The van der Waals surface area contributed by atoms with Crippen LogP contribution in [0.2, 0.25) is 0 Å². The second kappa shape index (κ2) is 3.66. The van der Waals surface area contributed by atoms with Crippen LogP contribution in [0.5, 0.6) is 0 Å². The standard InChI is InChI=1S/C10H17NO2/c1-2-13-10(12)4-9-7-3-8(9)6-11-5-7/h7-9,11H,2-6H2,1H3. The summed E-state index contributed by atoms with van der Waals surface area (Å²) in [6.07, 6.45) is 1.96. The maximum Gasteiger partial charge on any atom is 0.306 e. The Morgan fingerprint density at radius 3 is 2.69 bits per heavy atom. The Morgan fingerprint density at radius 1 is 1.46 bits per heavy atom. The number of piperidine rings is 2. The molecule has 0 amide bonds. The van der Waals surface area contributed by atoms with Crippen LogP contribution in [-0.2, 0) is 9.53 Å². The van der Waals surface area contributed by atoms with Gasteiger partial charge in [0.15, 0.2) is 0 Å². The highest BCUT2D eigenvalue weighted by molar-refractivity contribution is 5.69. The first-order valence-electron chi connectivity index (χ1n) is 5.17. The molecular weight excluding hydrogens is 166 g/mol. The predicted molar refractivity (Wildman–Crippen MR) is 49.2 cm³/mol. The molecule has 3 nitrogen and oxygen atoms in total. The fourth-order valence-corrected chi connectivity index (χ4v) is 2.60. The van der Waals surface area contributed by atoms with Crippen molar-refractivity contribution in [2.24, 2.45) is 17.8 Å². The van der Waals surface area contributed by atoms with E-state index in [2.05, 4.69) is 5.32 Å². The van der Waals surface area contributed by atoms with Gasteiger partial charge in [0.1, 0.15) is 0 Å². The van der Waals surface area contributed by atoms with Crippen LogP contribution in [-0.4, -0.2) is 25.7 Å². The van der Waals surface area contributed by atoms with Crippen molar-refractivity contribution in [2.75, 3.05) is 19.7 Å². The van der Waals surface area contributed by atoms with Crippen LogP contribution in [0.4, 0.5) is 0 Å². The molecular formula is C10H17NO2. The summed E-state index contributed by atoms with van der Waals surface area (Å²) in [5.74, 6) is 2.08. The minimum atomic E-state index is -0.0101. The minimum absolute atomic E-state index is 0.0101. The number of hydrogen-bond acceptors (Lipinski definition) is 3. The van der Waals surface area contributed by atoms with Crippen LogP contribution in [0.15, 0.2) is 0 Å². The van der Waals surface area contributed by atoms with E-state index in [1.807, 2.05) is 6.92 Å². The average molecular weight is 183 g/mol. The number of fused-ring (bicyclic) bond motifs is 2. The lowest BCUT2D eigenvalue weighted by Gasteiger charge is -2.49. The molecule has 3 fully saturated rings. The molecule has 0 aromatic carbocycles.